The highest BCUT2D eigenvalue weighted by Crippen LogP contribution is 2.50. The Balaban J connectivity index is 1.03. The molecule has 1 N–H and O–H groups in total. The third-order valence-electron chi connectivity index (χ3n) is 10.9. The molecule has 2 heterocycles. The number of nitrogens with one attached hydrogen (secondary N) is 1. The Kier molecular flexibility index (Phi) is 5.49. The number of nitrogens with zero attached hydrogens (tertiary/aromatic N) is 1. The van der Waals surface area contributed by atoms with E-state index >= 15 is 0 Å². The van der Waals surface area contributed by atoms with Gasteiger partial charge in [0.2, 0.25) is 0 Å². The Morgan fingerprint density at radius 3 is 2.04 bits per heavy atom. The van der Waals surface area contributed by atoms with Crippen LogP contribution in [0, 0.1) is 0 Å². The summed E-state index contributed by atoms with van der Waals surface area (Å²) in [5.74, 6) is 0. The van der Waals surface area contributed by atoms with Crippen LogP contribution in [0.2, 0.25) is 0 Å². The van der Waals surface area contributed by atoms with E-state index in [1.165, 1.54) is 88.1 Å². The van der Waals surface area contributed by atoms with E-state index in [9.17, 15) is 0 Å². The minimum absolute atomic E-state index is 0.00373. The summed E-state index contributed by atoms with van der Waals surface area (Å²) in [5, 5.41) is 5.19. The molecule has 0 amide bonds. The summed E-state index contributed by atoms with van der Waals surface area (Å²) in [6.45, 7) is 4.69. The molecule has 6 aromatic carbocycles. The average molecular weight is 603 g/mol. The Morgan fingerprint density at radius 1 is 0.553 bits per heavy atom. The van der Waals surface area contributed by atoms with Gasteiger partial charge in [-0.25, -0.2) is 0 Å². The second-order valence-corrected chi connectivity index (χ2v) is 13.8. The first-order valence-electron chi connectivity index (χ1n) is 16.7. The zero-order valence-corrected chi connectivity index (χ0v) is 26.6. The first-order chi connectivity index (χ1) is 23.0. The average Bonchev–Trinajstić information content (AvgIpc) is 3.73. The topological polar surface area (TPSA) is 20.7 Å². The van der Waals surface area contributed by atoms with Crippen molar-refractivity contribution < 1.29 is 0 Å². The minimum atomic E-state index is -0.00373. The highest BCUT2D eigenvalue weighted by molar-refractivity contribution is 6.11. The van der Waals surface area contributed by atoms with Gasteiger partial charge in [-0.05, 0) is 93.4 Å². The summed E-state index contributed by atoms with van der Waals surface area (Å²) < 4.78 is 2.51. The largest absolute Gasteiger partial charge is 0.355 e. The fraction of sp³-hybridized carbons (Fsp3) is 0.111. The maximum absolute atomic E-state index is 3.72. The number of hydrogen-bond acceptors (Lipinski definition) is 0. The van der Waals surface area contributed by atoms with Gasteiger partial charge in [-0.15, -0.1) is 0 Å². The van der Waals surface area contributed by atoms with Gasteiger partial charge in [-0.3, -0.25) is 0 Å². The molecule has 10 rings (SSSR count). The first-order valence-corrected chi connectivity index (χ1v) is 16.7. The van der Waals surface area contributed by atoms with Crippen LogP contribution in [0.5, 0.6) is 0 Å². The smallest absolute Gasteiger partial charge is 0.0560 e. The van der Waals surface area contributed by atoms with Crippen LogP contribution in [0.4, 0.5) is 0 Å². The molecule has 8 aromatic rings. The summed E-state index contributed by atoms with van der Waals surface area (Å²) in [5.41, 5.74) is 15.5. The standard InChI is InChI=1S/C45H34N2/c1-45(2)39-14-8-6-12-33(39)35-26-37-36-24-30(20-22-41(36)46-42(37)27-40(35)45)28-16-18-29(19-17-28)31-21-23-44-38(25-31)34-13-7-9-15-43(34)47(44)32-10-4-3-5-11-32/h3-10,12-27,32,46H,11H2,1-2H3. The van der Waals surface area contributed by atoms with E-state index in [4.69, 9.17) is 0 Å². The van der Waals surface area contributed by atoms with E-state index in [-0.39, 0.29) is 5.41 Å². The third kappa shape index (κ3) is 3.85. The summed E-state index contributed by atoms with van der Waals surface area (Å²) in [7, 11) is 0. The predicted octanol–water partition coefficient (Wildman–Crippen LogP) is 12.1. The van der Waals surface area contributed by atoms with Gasteiger partial charge in [0.05, 0.1) is 6.04 Å². The van der Waals surface area contributed by atoms with E-state index in [2.05, 4.69) is 169 Å². The van der Waals surface area contributed by atoms with Crippen molar-refractivity contribution >= 4 is 43.6 Å². The minimum Gasteiger partial charge on any atom is -0.355 e. The molecule has 0 fully saturated rings. The Morgan fingerprint density at radius 2 is 1.23 bits per heavy atom. The van der Waals surface area contributed by atoms with Gasteiger partial charge in [0.1, 0.15) is 0 Å². The molecule has 47 heavy (non-hydrogen) atoms. The Bertz CT molecular complexity index is 2620. The summed E-state index contributed by atoms with van der Waals surface area (Å²) in [6.07, 6.45) is 9.93. The van der Waals surface area contributed by atoms with Crippen molar-refractivity contribution in [2.24, 2.45) is 0 Å². The molecular weight excluding hydrogens is 569 g/mol. The van der Waals surface area contributed by atoms with Gasteiger partial charge < -0.3 is 9.55 Å². The number of aromatic nitrogens is 2. The number of aromatic amines is 1. The van der Waals surface area contributed by atoms with Crippen molar-refractivity contribution in [3.05, 3.63) is 157 Å². The van der Waals surface area contributed by atoms with Gasteiger partial charge in [0, 0.05) is 49.0 Å². The number of H-pyrrole nitrogens is 1. The lowest BCUT2D eigenvalue weighted by atomic mass is 9.82. The molecule has 2 aromatic heterocycles. The fourth-order valence-corrected chi connectivity index (χ4v) is 8.43. The van der Waals surface area contributed by atoms with Crippen LogP contribution in [0.1, 0.15) is 37.4 Å². The van der Waals surface area contributed by atoms with Crippen molar-refractivity contribution in [2.75, 3.05) is 0 Å². The van der Waals surface area contributed by atoms with E-state index in [1.807, 2.05) is 0 Å². The van der Waals surface area contributed by atoms with Crippen molar-refractivity contribution in [3.63, 3.8) is 0 Å². The molecule has 2 aliphatic carbocycles. The van der Waals surface area contributed by atoms with E-state index < -0.39 is 0 Å². The van der Waals surface area contributed by atoms with Crippen molar-refractivity contribution in [3.8, 4) is 33.4 Å². The molecule has 0 spiro atoms. The van der Waals surface area contributed by atoms with Gasteiger partial charge in [0.15, 0.2) is 0 Å². The highest BCUT2D eigenvalue weighted by atomic mass is 15.0. The summed E-state index contributed by atoms with van der Waals surface area (Å²) >= 11 is 0. The lowest BCUT2D eigenvalue weighted by molar-refractivity contribution is 0.648. The zero-order chi connectivity index (χ0) is 31.3. The van der Waals surface area contributed by atoms with Crippen molar-refractivity contribution in [1.82, 2.24) is 9.55 Å². The number of fused-ring (bicyclic) bond motifs is 9. The molecule has 1 atom stereocenters. The van der Waals surface area contributed by atoms with Gasteiger partial charge >= 0.3 is 0 Å². The molecule has 2 heteroatoms. The first kappa shape index (κ1) is 26.6. The molecule has 2 aliphatic rings. The van der Waals surface area contributed by atoms with Crippen LogP contribution < -0.4 is 0 Å². The molecular formula is C45H34N2. The second kappa shape index (κ2) is 9.70. The maximum atomic E-state index is 3.72. The SMILES string of the molecule is CC1(C)c2ccccc2-c2cc3c(cc21)[nH]c1ccc(-c2ccc(-c4ccc5c(c4)c4ccccc4n5C4C=CC=CC4)cc2)cc13. The van der Waals surface area contributed by atoms with E-state index in [1.54, 1.807) is 0 Å². The number of hydrogen-bond donors (Lipinski definition) is 1. The van der Waals surface area contributed by atoms with Gasteiger partial charge in [-0.2, -0.15) is 0 Å². The van der Waals surface area contributed by atoms with Crippen molar-refractivity contribution in [1.29, 1.82) is 0 Å². The maximum Gasteiger partial charge on any atom is 0.0560 e. The van der Waals surface area contributed by atoms with Crippen LogP contribution in [0.15, 0.2) is 146 Å². The van der Waals surface area contributed by atoms with E-state index in [0.717, 1.165) is 6.42 Å². The Labute approximate surface area is 274 Å². The number of allylic oxidation sites excluding steroid dienone is 4. The lowest BCUT2D eigenvalue weighted by Gasteiger charge is -2.21. The molecule has 0 radical (unpaired) electrons. The summed E-state index contributed by atoms with van der Waals surface area (Å²) in [4.78, 5) is 3.72. The number of rotatable bonds is 3. The third-order valence-corrected chi connectivity index (χ3v) is 10.9. The molecule has 1 unspecified atom stereocenters. The van der Waals surface area contributed by atoms with Crippen LogP contribution in [-0.2, 0) is 5.41 Å². The number of para-hydroxylation sites is 1. The van der Waals surface area contributed by atoms with Crippen LogP contribution in [-0.4, -0.2) is 9.55 Å². The normalized spacial score (nSPS) is 16.4. The second-order valence-electron chi connectivity index (χ2n) is 13.8. The summed E-state index contributed by atoms with van der Waals surface area (Å²) in [6, 6.07) is 45.8. The molecule has 224 valence electrons. The monoisotopic (exact) mass is 602 g/mol. The molecule has 0 aliphatic heterocycles. The molecule has 0 saturated heterocycles. The molecule has 0 saturated carbocycles. The predicted molar refractivity (Wildman–Crippen MR) is 199 cm³/mol. The fourth-order valence-electron chi connectivity index (χ4n) is 8.43. The number of benzene rings is 6. The molecule has 2 nitrogen and oxygen atoms in total. The van der Waals surface area contributed by atoms with Gasteiger partial charge in [0.25, 0.3) is 0 Å². The molecule has 0 bridgehead atoms. The highest BCUT2D eigenvalue weighted by Gasteiger charge is 2.35. The van der Waals surface area contributed by atoms with Crippen LogP contribution >= 0.6 is 0 Å². The Hall–Kier alpha value is -5.60. The quantitative estimate of drug-likeness (QED) is 0.208. The van der Waals surface area contributed by atoms with Crippen LogP contribution in [0.25, 0.3) is 77.0 Å². The van der Waals surface area contributed by atoms with E-state index in [0.29, 0.717) is 6.04 Å². The van der Waals surface area contributed by atoms with Gasteiger partial charge in [-0.1, -0.05) is 117 Å². The van der Waals surface area contributed by atoms with Crippen LogP contribution in [0.3, 0.4) is 0 Å². The zero-order valence-electron chi connectivity index (χ0n) is 26.6. The lowest BCUT2D eigenvalue weighted by Crippen LogP contribution is -2.14. The van der Waals surface area contributed by atoms with Crippen molar-refractivity contribution in [2.45, 2.75) is 31.7 Å².